The van der Waals surface area contributed by atoms with Crippen LogP contribution in [0.1, 0.15) is 12.5 Å². The topological polar surface area (TPSA) is 172 Å². The first-order chi connectivity index (χ1) is 10.4. The summed E-state index contributed by atoms with van der Waals surface area (Å²) < 4.78 is 0. The Morgan fingerprint density at radius 1 is 1.04 bits per heavy atom. The maximum absolute atomic E-state index is 11.4. The molecule has 0 amide bonds. The van der Waals surface area contributed by atoms with Crippen LogP contribution in [0.15, 0.2) is 34.5 Å². The molecule has 1 aromatic rings. The van der Waals surface area contributed by atoms with Gasteiger partial charge >= 0.3 is 17.1 Å². The molecule has 2 N–H and O–H groups in total. The molecular weight excluding hydrogens is 362 g/mol. The smallest absolute Gasteiger partial charge is 0.857 e. The van der Waals surface area contributed by atoms with Crippen LogP contribution in [0.3, 0.4) is 0 Å². The summed E-state index contributed by atoms with van der Waals surface area (Å²) in [4.78, 5) is 20.0. The molecule has 0 aliphatic carbocycles. The Morgan fingerprint density at radius 3 is 1.83 bits per heavy atom. The predicted octanol–water partition coefficient (Wildman–Crippen LogP) is -1.96. The zero-order valence-electron chi connectivity index (χ0n) is 12.4. The second kappa shape index (κ2) is 14.6. The molecule has 1 aromatic carbocycles. The van der Waals surface area contributed by atoms with Crippen molar-refractivity contribution >= 4 is 23.3 Å². The van der Waals surface area contributed by atoms with E-state index in [0.717, 1.165) is 33.3 Å². The van der Waals surface area contributed by atoms with E-state index in [4.69, 9.17) is 10.2 Å². The van der Waals surface area contributed by atoms with Crippen LogP contribution in [0.4, 0.5) is 5.69 Å². The fraction of sp³-hybridized carbons (Fsp3) is 0.250. The van der Waals surface area contributed by atoms with E-state index in [1.807, 2.05) is 0 Å². The van der Waals surface area contributed by atoms with Crippen molar-refractivity contribution in [2.24, 2.45) is 10.2 Å². The summed E-state index contributed by atoms with van der Waals surface area (Å²) in [6.45, 7) is 1.13. The number of nitro benzene ring substituents is 1. The van der Waals surface area contributed by atoms with Gasteiger partial charge in [0, 0.05) is 32.3 Å². The Hall–Kier alpha value is -2.33. The van der Waals surface area contributed by atoms with Crippen molar-refractivity contribution in [1.82, 2.24) is 0 Å². The van der Waals surface area contributed by atoms with Gasteiger partial charge in [-0.1, -0.05) is 0 Å². The second-order valence-electron chi connectivity index (χ2n) is 3.18. The first-order valence-corrected chi connectivity index (χ1v) is 5.56. The first-order valence-electron chi connectivity index (χ1n) is 5.56. The summed E-state index contributed by atoms with van der Waals surface area (Å²) >= 11 is 0. The molecule has 0 aliphatic rings. The van der Waals surface area contributed by atoms with Gasteiger partial charge < -0.3 is 25.2 Å². The molecule has 0 saturated carbocycles. The van der Waals surface area contributed by atoms with Gasteiger partial charge in [0.2, 0.25) is 0 Å². The van der Waals surface area contributed by atoms with Crippen LogP contribution in [-0.2, 0) is 21.9 Å². The van der Waals surface area contributed by atoms with Gasteiger partial charge in [0.15, 0.2) is 0 Å². The van der Waals surface area contributed by atoms with Crippen LogP contribution in [-0.4, -0.2) is 46.9 Å². The SMILES string of the molecule is C/C(=N\N=C(/[O-])c1ccc([N+](=O)[O-])cc1)C(=O)[O-].CO.CO.[Cu+2]. The Bertz CT molecular complexity index is 544. The van der Waals surface area contributed by atoms with E-state index in [1.165, 1.54) is 12.1 Å². The van der Waals surface area contributed by atoms with Crippen LogP contribution in [0.5, 0.6) is 0 Å². The molecule has 0 saturated heterocycles. The number of non-ortho nitro benzene ring substituents is 1. The van der Waals surface area contributed by atoms with Crippen molar-refractivity contribution in [3.05, 3.63) is 39.9 Å². The average molecular weight is 377 g/mol. The number of rotatable bonds is 4. The molecule has 0 aromatic heterocycles. The number of benzene rings is 1. The molecule has 131 valence electrons. The molecule has 1 radical (unpaired) electrons. The van der Waals surface area contributed by atoms with Crippen molar-refractivity contribution in [3.8, 4) is 0 Å². The van der Waals surface area contributed by atoms with Crippen molar-refractivity contribution in [3.63, 3.8) is 0 Å². The van der Waals surface area contributed by atoms with Crippen LogP contribution in [0.2, 0.25) is 0 Å². The number of carbonyl (C=O) groups is 1. The summed E-state index contributed by atoms with van der Waals surface area (Å²) in [5.74, 6) is -2.33. The minimum Gasteiger partial charge on any atom is -0.857 e. The van der Waals surface area contributed by atoms with Crippen molar-refractivity contribution < 1.29 is 47.2 Å². The number of aliphatic hydroxyl groups excluding tert-OH is 2. The monoisotopic (exact) mass is 376 g/mol. The van der Waals surface area contributed by atoms with Gasteiger partial charge in [-0.3, -0.25) is 10.1 Å². The quantitative estimate of drug-likeness (QED) is 0.202. The van der Waals surface area contributed by atoms with Gasteiger partial charge in [0.05, 0.1) is 16.6 Å². The largest absolute Gasteiger partial charge is 2.00 e. The third kappa shape index (κ3) is 10.1. The minimum atomic E-state index is -1.53. The number of aliphatic carboxylic acids is 1. The van der Waals surface area contributed by atoms with Gasteiger partial charge in [-0.25, -0.2) is 0 Å². The van der Waals surface area contributed by atoms with Gasteiger partial charge in [0.25, 0.3) is 5.69 Å². The molecule has 0 atom stereocenters. The van der Waals surface area contributed by atoms with E-state index < -0.39 is 22.5 Å². The summed E-state index contributed by atoms with van der Waals surface area (Å²) in [5, 5.41) is 52.4. The number of carboxylic acid groups (broad SMARTS) is 1. The van der Waals surface area contributed by atoms with Crippen LogP contribution >= 0.6 is 0 Å². The first kappa shape index (κ1) is 25.6. The van der Waals surface area contributed by atoms with Crippen LogP contribution in [0.25, 0.3) is 0 Å². The third-order valence-corrected chi connectivity index (χ3v) is 1.91. The van der Waals surface area contributed by atoms with Gasteiger partial charge in [-0.2, -0.15) is 10.2 Å². The van der Waals surface area contributed by atoms with E-state index >= 15 is 0 Å². The molecule has 0 fully saturated rings. The third-order valence-electron chi connectivity index (χ3n) is 1.91. The second-order valence-corrected chi connectivity index (χ2v) is 3.18. The molecule has 0 aliphatic heterocycles. The van der Waals surface area contributed by atoms with E-state index in [9.17, 15) is 25.1 Å². The summed E-state index contributed by atoms with van der Waals surface area (Å²) in [7, 11) is 2.00. The number of aliphatic hydroxyl groups is 2. The molecule has 23 heavy (non-hydrogen) atoms. The summed E-state index contributed by atoms with van der Waals surface area (Å²) in [5.41, 5.74) is -0.540. The Balaban J connectivity index is -0.000000739. The Morgan fingerprint density at radius 2 is 1.48 bits per heavy atom. The predicted molar refractivity (Wildman–Crippen MR) is 74.0 cm³/mol. The van der Waals surface area contributed by atoms with E-state index in [-0.39, 0.29) is 28.3 Å². The van der Waals surface area contributed by atoms with E-state index in [2.05, 4.69) is 10.2 Å². The average Bonchev–Trinajstić information content (AvgIpc) is 2.55. The van der Waals surface area contributed by atoms with E-state index in [1.54, 1.807) is 0 Å². The summed E-state index contributed by atoms with van der Waals surface area (Å²) in [6, 6.07) is 4.68. The molecule has 11 heteroatoms. The number of carboxylic acids is 1. The van der Waals surface area contributed by atoms with Gasteiger partial charge in [-0.05, 0) is 24.6 Å². The fourth-order valence-electron chi connectivity index (χ4n) is 0.945. The fourth-order valence-corrected chi connectivity index (χ4v) is 0.945. The normalized spacial score (nSPS) is 10.1. The van der Waals surface area contributed by atoms with Crippen molar-refractivity contribution in [2.45, 2.75) is 6.92 Å². The molecule has 0 bridgehead atoms. The molecule has 0 heterocycles. The van der Waals surface area contributed by atoms with E-state index in [0.29, 0.717) is 0 Å². The zero-order chi connectivity index (χ0) is 17.7. The molecule has 1 rings (SSSR count). The maximum Gasteiger partial charge on any atom is 2.00 e. The minimum absolute atomic E-state index is 0. The Kier molecular flexibility index (Phi) is 16.3. The van der Waals surface area contributed by atoms with Crippen molar-refractivity contribution in [1.29, 1.82) is 0 Å². The molecule has 0 unspecified atom stereocenters. The van der Waals surface area contributed by atoms with Gasteiger partial charge in [0.1, 0.15) is 0 Å². The van der Waals surface area contributed by atoms with Crippen LogP contribution in [0, 0.1) is 10.1 Å². The number of nitrogens with zero attached hydrogens (tertiary/aromatic N) is 3. The number of hydrogen-bond acceptors (Lipinski definition) is 9. The maximum atomic E-state index is 11.4. The van der Waals surface area contributed by atoms with Gasteiger partial charge in [-0.15, -0.1) is 0 Å². The molecule has 0 spiro atoms. The number of nitro groups is 1. The molecule has 10 nitrogen and oxygen atoms in total. The summed E-state index contributed by atoms with van der Waals surface area (Å²) in [6.07, 6.45) is 0. The number of hydrogen-bond donors (Lipinski definition) is 2. The van der Waals surface area contributed by atoms with Crippen LogP contribution < -0.4 is 10.2 Å². The Labute approximate surface area is 142 Å². The van der Waals surface area contributed by atoms with Crippen molar-refractivity contribution in [2.75, 3.05) is 14.2 Å². The molecular formula is C12H15CuN3O7. The zero-order valence-corrected chi connectivity index (χ0v) is 13.3. The standard InChI is InChI=1S/C10H9N3O5.2CH4O.Cu/c1-6(10(15)16)11-12-9(14)7-2-4-8(5-3-7)13(17)18;2*1-2;/h2-5H,1H3,(H,12,14)(H,15,16);2*2H,1H3;/q;;;+2/p-2/b11-6+;;;. The number of carbonyl (C=O) groups excluding carboxylic acids is 1.